The Morgan fingerprint density at radius 3 is 2.71 bits per heavy atom. The third kappa shape index (κ3) is 4.88. The summed E-state index contributed by atoms with van der Waals surface area (Å²) < 4.78 is 2.22. The second-order valence-electron chi connectivity index (χ2n) is 5.87. The summed E-state index contributed by atoms with van der Waals surface area (Å²) >= 11 is 0. The molecule has 0 bridgehead atoms. The molecule has 4 heteroatoms. The third-order valence-corrected chi connectivity index (χ3v) is 2.79. The van der Waals surface area contributed by atoms with Gasteiger partial charge in [0.25, 0.3) is 0 Å². The van der Waals surface area contributed by atoms with Crippen LogP contribution in [0, 0.1) is 5.41 Å². The number of hydrogen-bond acceptors (Lipinski definition) is 3. The van der Waals surface area contributed by atoms with E-state index in [9.17, 15) is 0 Å². The Morgan fingerprint density at radius 1 is 1.47 bits per heavy atom. The molecule has 0 amide bonds. The molecule has 1 atom stereocenters. The van der Waals surface area contributed by atoms with Gasteiger partial charge in [-0.2, -0.15) is 0 Å². The summed E-state index contributed by atoms with van der Waals surface area (Å²) in [6.07, 6.45) is 6.98. The maximum atomic E-state index is 5.63. The van der Waals surface area contributed by atoms with Gasteiger partial charge in [-0.25, -0.2) is 4.98 Å². The van der Waals surface area contributed by atoms with Crippen LogP contribution in [0.15, 0.2) is 12.4 Å². The highest BCUT2D eigenvalue weighted by molar-refractivity contribution is 4.96. The first-order valence-electron chi connectivity index (χ1n) is 6.42. The summed E-state index contributed by atoms with van der Waals surface area (Å²) in [4.78, 5) is 4.42. The SMILES string of the molecule is CCCn1ccnc1CC(CC(C)(C)C)NN. The van der Waals surface area contributed by atoms with E-state index in [1.165, 1.54) is 0 Å². The van der Waals surface area contributed by atoms with Crippen LogP contribution in [-0.4, -0.2) is 15.6 Å². The predicted octanol–water partition coefficient (Wildman–Crippen LogP) is 2.10. The summed E-state index contributed by atoms with van der Waals surface area (Å²) in [7, 11) is 0. The molecule has 1 unspecified atom stereocenters. The van der Waals surface area contributed by atoms with Crippen LogP contribution in [0.5, 0.6) is 0 Å². The molecule has 17 heavy (non-hydrogen) atoms. The van der Waals surface area contributed by atoms with Gasteiger partial charge in [0.2, 0.25) is 0 Å². The van der Waals surface area contributed by atoms with Crippen molar-refractivity contribution in [2.45, 2.75) is 59.5 Å². The predicted molar refractivity (Wildman–Crippen MR) is 71.4 cm³/mol. The normalized spacial score (nSPS) is 13.9. The molecule has 0 aliphatic carbocycles. The number of hydrazine groups is 1. The van der Waals surface area contributed by atoms with Crippen molar-refractivity contribution in [2.24, 2.45) is 11.3 Å². The van der Waals surface area contributed by atoms with E-state index in [4.69, 9.17) is 5.84 Å². The van der Waals surface area contributed by atoms with Crippen LogP contribution in [-0.2, 0) is 13.0 Å². The zero-order valence-electron chi connectivity index (χ0n) is 11.5. The van der Waals surface area contributed by atoms with Gasteiger partial charge in [0.15, 0.2) is 0 Å². The van der Waals surface area contributed by atoms with Gasteiger partial charge in [-0.15, -0.1) is 0 Å². The van der Waals surface area contributed by atoms with Crippen molar-refractivity contribution in [1.82, 2.24) is 15.0 Å². The van der Waals surface area contributed by atoms with E-state index in [0.29, 0.717) is 0 Å². The minimum atomic E-state index is 0.277. The van der Waals surface area contributed by atoms with Crippen LogP contribution >= 0.6 is 0 Å². The number of nitrogens with two attached hydrogens (primary N) is 1. The monoisotopic (exact) mass is 238 g/mol. The lowest BCUT2D eigenvalue weighted by atomic mass is 9.87. The van der Waals surface area contributed by atoms with Gasteiger partial charge in [0, 0.05) is 31.4 Å². The number of nitrogens with zero attached hydrogens (tertiary/aromatic N) is 2. The van der Waals surface area contributed by atoms with Crippen LogP contribution in [0.2, 0.25) is 0 Å². The Kier molecular flexibility index (Phi) is 5.15. The molecule has 1 heterocycles. The van der Waals surface area contributed by atoms with Crippen LogP contribution in [0.3, 0.4) is 0 Å². The Morgan fingerprint density at radius 2 is 2.18 bits per heavy atom. The Bertz CT molecular complexity index is 324. The van der Waals surface area contributed by atoms with E-state index >= 15 is 0 Å². The number of rotatable bonds is 6. The fourth-order valence-corrected chi connectivity index (χ4v) is 2.12. The second-order valence-corrected chi connectivity index (χ2v) is 5.87. The fraction of sp³-hybridized carbons (Fsp3) is 0.769. The smallest absolute Gasteiger partial charge is 0.110 e. The zero-order chi connectivity index (χ0) is 12.9. The fourth-order valence-electron chi connectivity index (χ4n) is 2.12. The Labute approximate surface area is 105 Å². The molecular formula is C13H26N4. The average molecular weight is 238 g/mol. The molecule has 0 saturated carbocycles. The Balaban J connectivity index is 2.63. The molecule has 4 nitrogen and oxygen atoms in total. The van der Waals surface area contributed by atoms with E-state index < -0.39 is 0 Å². The number of nitrogens with one attached hydrogen (secondary N) is 1. The summed E-state index contributed by atoms with van der Waals surface area (Å²) in [5, 5.41) is 0. The topological polar surface area (TPSA) is 55.9 Å². The van der Waals surface area contributed by atoms with Crippen LogP contribution in [0.4, 0.5) is 0 Å². The molecule has 0 aromatic carbocycles. The van der Waals surface area contributed by atoms with Crippen LogP contribution < -0.4 is 11.3 Å². The quantitative estimate of drug-likeness (QED) is 0.589. The zero-order valence-corrected chi connectivity index (χ0v) is 11.5. The van der Waals surface area contributed by atoms with Gasteiger partial charge in [-0.3, -0.25) is 11.3 Å². The average Bonchev–Trinajstić information content (AvgIpc) is 2.63. The first kappa shape index (κ1) is 14.2. The van der Waals surface area contributed by atoms with Crippen molar-refractivity contribution < 1.29 is 0 Å². The molecule has 1 aromatic rings. The molecule has 0 aliphatic heterocycles. The van der Waals surface area contributed by atoms with Gasteiger partial charge >= 0.3 is 0 Å². The molecular weight excluding hydrogens is 212 g/mol. The van der Waals surface area contributed by atoms with E-state index in [-0.39, 0.29) is 11.5 Å². The third-order valence-electron chi connectivity index (χ3n) is 2.79. The van der Waals surface area contributed by atoms with Crippen molar-refractivity contribution >= 4 is 0 Å². The highest BCUT2D eigenvalue weighted by Crippen LogP contribution is 2.22. The minimum Gasteiger partial charge on any atom is -0.335 e. The molecule has 3 N–H and O–H groups in total. The summed E-state index contributed by atoms with van der Waals surface area (Å²) in [5.41, 5.74) is 3.19. The number of imidazole rings is 1. The van der Waals surface area contributed by atoms with Crippen LogP contribution in [0.25, 0.3) is 0 Å². The minimum absolute atomic E-state index is 0.277. The number of hydrogen-bond donors (Lipinski definition) is 2. The van der Waals surface area contributed by atoms with Crippen molar-refractivity contribution in [1.29, 1.82) is 0 Å². The first-order chi connectivity index (χ1) is 7.96. The number of aromatic nitrogens is 2. The maximum absolute atomic E-state index is 5.63. The summed E-state index contributed by atoms with van der Waals surface area (Å²) in [6.45, 7) is 9.90. The largest absolute Gasteiger partial charge is 0.335 e. The van der Waals surface area contributed by atoms with Crippen molar-refractivity contribution in [3.8, 4) is 0 Å². The second kappa shape index (κ2) is 6.17. The van der Waals surface area contributed by atoms with E-state index in [2.05, 4.69) is 42.7 Å². The van der Waals surface area contributed by atoms with Gasteiger partial charge in [-0.1, -0.05) is 27.7 Å². The lowest BCUT2D eigenvalue weighted by Crippen LogP contribution is -2.40. The van der Waals surface area contributed by atoms with Gasteiger partial charge in [0.05, 0.1) is 0 Å². The first-order valence-corrected chi connectivity index (χ1v) is 6.42. The van der Waals surface area contributed by atoms with E-state index in [0.717, 1.165) is 31.6 Å². The van der Waals surface area contributed by atoms with Gasteiger partial charge in [0.1, 0.15) is 5.82 Å². The molecule has 98 valence electrons. The maximum Gasteiger partial charge on any atom is 0.110 e. The molecule has 1 rings (SSSR count). The summed E-state index contributed by atoms with van der Waals surface area (Å²) in [5.74, 6) is 6.76. The standard InChI is InChI=1S/C13H26N4/c1-5-7-17-8-6-15-12(17)9-11(16-14)10-13(2,3)4/h6,8,11,16H,5,7,9-10,14H2,1-4H3. The highest BCUT2D eigenvalue weighted by atomic mass is 15.2. The molecule has 0 spiro atoms. The molecule has 1 aromatic heterocycles. The molecule has 0 radical (unpaired) electrons. The molecule has 0 aliphatic rings. The van der Waals surface area contributed by atoms with Crippen molar-refractivity contribution in [3.63, 3.8) is 0 Å². The lowest BCUT2D eigenvalue weighted by molar-refractivity contribution is 0.304. The van der Waals surface area contributed by atoms with Gasteiger partial charge in [-0.05, 0) is 18.3 Å². The van der Waals surface area contributed by atoms with E-state index in [1.807, 2.05) is 12.4 Å². The van der Waals surface area contributed by atoms with Crippen molar-refractivity contribution in [2.75, 3.05) is 0 Å². The number of aryl methyl sites for hydroxylation is 1. The lowest BCUT2D eigenvalue weighted by Gasteiger charge is -2.25. The molecule has 0 saturated heterocycles. The highest BCUT2D eigenvalue weighted by Gasteiger charge is 2.19. The summed E-state index contributed by atoms with van der Waals surface area (Å²) in [6, 6.07) is 0.285. The van der Waals surface area contributed by atoms with Crippen molar-refractivity contribution in [3.05, 3.63) is 18.2 Å². The van der Waals surface area contributed by atoms with Crippen LogP contribution in [0.1, 0.15) is 46.4 Å². The van der Waals surface area contributed by atoms with E-state index in [1.54, 1.807) is 0 Å². The molecule has 0 fully saturated rings. The Hall–Kier alpha value is -0.870. The van der Waals surface area contributed by atoms with Gasteiger partial charge < -0.3 is 4.57 Å².